The first-order valence-electron chi connectivity index (χ1n) is 13.3. The molecular formula is C29H45FN2O. The Morgan fingerprint density at radius 1 is 0.818 bits per heavy atom. The zero-order valence-corrected chi connectivity index (χ0v) is 21.2. The molecule has 33 heavy (non-hydrogen) atoms. The number of hydrogen-bond acceptors (Lipinski definition) is 3. The fourth-order valence-electron chi connectivity index (χ4n) is 4.20. The van der Waals surface area contributed by atoms with Gasteiger partial charge in [-0.1, -0.05) is 109 Å². The number of benzene rings is 1. The molecule has 0 aliphatic carbocycles. The van der Waals surface area contributed by atoms with Gasteiger partial charge in [-0.25, -0.2) is 14.4 Å². The van der Waals surface area contributed by atoms with Gasteiger partial charge in [-0.3, -0.25) is 0 Å². The van der Waals surface area contributed by atoms with Crippen molar-refractivity contribution in [3.05, 3.63) is 42.2 Å². The van der Waals surface area contributed by atoms with Crippen LogP contribution in [0.5, 0.6) is 5.75 Å². The molecule has 184 valence electrons. The second-order valence-electron chi connectivity index (χ2n) is 9.56. The van der Waals surface area contributed by atoms with Crippen LogP contribution >= 0.6 is 0 Å². The number of unbranched alkanes of at least 4 members (excludes halogenated alkanes) is 8. The van der Waals surface area contributed by atoms with Gasteiger partial charge >= 0.3 is 0 Å². The summed E-state index contributed by atoms with van der Waals surface area (Å²) in [6, 6.07) is 8.53. The Balaban J connectivity index is 1.70. The smallest absolute Gasteiger partial charge is 0.159 e. The Morgan fingerprint density at radius 2 is 1.42 bits per heavy atom. The van der Waals surface area contributed by atoms with Crippen LogP contribution < -0.4 is 4.74 Å². The van der Waals surface area contributed by atoms with Gasteiger partial charge in [0.2, 0.25) is 0 Å². The molecule has 0 spiro atoms. The zero-order valence-electron chi connectivity index (χ0n) is 21.2. The van der Waals surface area contributed by atoms with E-state index in [0.717, 1.165) is 18.4 Å². The van der Waals surface area contributed by atoms with E-state index in [1.807, 2.05) is 0 Å². The van der Waals surface area contributed by atoms with Crippen molar-refractivity contribution in [3.63, 3.8) is 0 Å². The maximum atomic E-state index is 14.2. The van der Waals surface area contributed by atoms with E-state index in [1.54, 1.807) is 12.4 Å². The summed E-state index contributed by atoms with van der Waals surface area (Å²) in [6.07, 6.45) is 18.0. The number of aryl methyl sites for hydroxylation is 1. The van der Waals surface area contributed by atoms with Crippen molar-refractivity contribution in [2.75, 3.05) is 6.61 Å². The summed E-state index contributed by atoms with van der Waals surface area (Å²) in [4.78, 5) is 8.84. The van der Waals surface area contributed by atoms with Crippen molar-refractivity contribution in [2.24, 2.45) is 5.92 Å². The molecule has 0 radical (unpaired) electrons. The number of ether oxygens (including phenoxy) is 1. The summed E-state index contributed by atoms with van der Waals surface area (Å²) in [7, 11) is 0. The van der Waals surface area contributed by atoms with E-state index in [2.05, 4.69) is 55.0 Å². The number of aromatic nitrogens is 2. The molecule has 1 heterocycles. The van der Waals surface area contributed by atoms with E-state index in [0.29, 0.717) is 23.9 Å². The standard InChI is InChI=1S/C29H45FN2O/c1-4-6-8-9-10-11-13-15-25-16-18-26(19-17-25)29-31-21-28(22-32-29)33-23-27(30)20-24(3)14-12-7-5-2/h16-19,21-22,24,27H,4-15,20,23H2,1-3H3. The lowest BCUT2D eigenvalue weighted by Crippen LogP contribution is -2.16. The molecule has 0 N–H and O–H groups in total. The summed E-state index contributed by atoms with van der Waals surface area (Å²) < 4.78 is 19.8. The first-order valence-corrected chi connectivity index (χ1v) is 13.3. The van der Waals surface area contributed by atoms with Crippen molar-refractivity contribution in [1.82, 2.24) is 9.97 Å². The van der Waals surface area contributed by atoms with E-state index >= 15 is 0 Å². The van der Waals surface area contributed by atoms with Crippen LogP contribution in [-0.2, 0) is 6.42 Å². The predicted molar refractivity (Wildman–Crippen MR) is 137 cm³/mol. The molecule has 0 amide bonds. The molecule has 2 rings (SSSR count). The van der Waals surface area contributed by atoms with Crippen molar-refractivity contribution in [3.8, 4) is 17.1 Å². The molecule has 4 heteroatoms. The molecule has 0 saturated heterocycles. The van der Waals surface area contributed by atoms with E-state index in [1.165, 1.54) is 69.8 Å². The molecular weight excluding hydrogens is 411 g/mol. The van der Waals surface area contributed by atoms with Gasteiger partial charge in [0, 0.05) is 5.56 Å². The lowest BCUT2D eigenvalue weighted by atomic mass is 9.98. The molecule has 0 aliphatic rings. The van der Waals surface area contributed by atoms with Crippen molar-refractivity contribution >= 4 is 0 Å². The fourth-order valence-corrected chi connectivity index (χ4v) is 4.20. The monoisotopic (exact) mass is 456 g/mol. The summed E-state index contributed by atoms with van der Waals surface area (Å²) >= 11 is 0. The molecule has 1 aromatic carbocycles. The van der Waals surface area contributed by atoms with Crippen LogP contribution in [0.25, 0.3) is 11.4 Å². The minimum absolute atomic E-state index is 0.0636. The lowest BCUT2D eigenvalue weighted by Gasteiger charge is -2.15. The van der Waals surface area contributed by atoms with Gasteiger partial charge in [-0.05, 0) is 30.7 Å². The number of alkyl halides is 1. The molecule has 0 saturated carbocycles. The Hall–Kier alpha value is -1.97. The number of hydrogen-bond donors (Lipinski definition) is 0. The first kappa shape index (κ1) is 27.3. The zero-order chi connectivity index (χ0) is 23.7. The number of halogens is 1. The highest BCUT2D eigenvalue weighted by molar-refractivity contribution is 5.55. The van der Waals surface area contributed by atoms with E-state index in [-0.39, 0.29) is 6.61 Å². The van der Waals surface area contributed by atoms with Gasteiger partial charge < -0.3 is 4.74 Å². The molecule has 2 unspecified atom stereocenters. The minimum atomic E-state index is -0.954. The SMILES string of the molecule is CCCCCCCCCc1ccc(-c2ncc(OCC(F)CC(C)CCCCC)cn2)cc1. The summed E-state index contributed by atoms with van der Waals surface area (Å²) in [6.45, 7) is 6.64. The molecule has 1 aromatic heterocycles. The minimum Gasteiger partial charge on any atom is -0.487 e. The average Bonchev–Trinajstić information content (AvgIpc) is 2.83. The van der Waals surface area contributed by atoms with Crippen molar-refractivity contribution < 1.29 is 9.13 Å². The van der Waals surface area contributed by atoms with Crippen LogP contribution in [0.15, 0.2) is 36.7 Å². The Kier molecular flexibility index (Phi) is 13.7. The molecule has 0 fully saturated rings. The second kappa shape index (κ2) is 16.6. The van der Waals surface area contributed by atoms with Gasteiger partial charge in [0.15, 0.2) is 11.6 Å². The molecule has 0 aliphatic heterocycles. The largest absolute Gasteiger partial charge is 0.487 e. The van der Waals surface area contributed by atoms with Crippen LogP contribution in [0.3, 0.4) is 0 Å². The van der Waals surface area contributed by atoms with Crippen LogP contribution in [0.4, 0.5) is 4.39 Å². The Morgan fingerprint density at radius 3 is 2.09 bits per heavy atom. The van der Waals surface area contributed by atoms with Gasteiger partial charge in [-0.2, -0.15) is 0 Å². The third-order valence-corrected chi connectivity index (χ3v) is 6.30. The quantitative estimate of drug-likeness (QED) is 0.210. The maximum Gasteiger partial charge on any atom is 0.159 e. The Labute approximate surface area is 201 Å². The molecule has 0 bridgehead atoms. The lowest BCUT2D eigenvalue weighted by molar-refractivity contribution is 0.167. The van der Waals surface area contributed by atoms with E-state index in [4.69, 9.17) is 4.74 Å². The number of rotatable bonds is 18. The highest BCUT2D eigenvalue weighted by atomic mass is 19.1. The summed E-state index contributed by atoms with van der Waals surface area (Å²) in [5.41, 5.74) is 2.36. The van der Waals surface area contributed by atoms with E-state index < -0.39 is 6.17 Å². The van der Waals surface area contributed by atoms with Crippen LogP contribution in [0.1, 0.15) is 103 Å². The van der Waals surface area contributed by atoms with Crippen LogP contribution in [0.2, 0.25) is 0 Å². The van der Waals surface area contributed by atoms with Gasteiger partial charge in [0.05, 0.1) is 12.4 Å². The average molecular weight is 457 g/mol. The third kappa shape index (κ3) is 11.6. The Bertz CT molecular complexity index is 732. The van der Waals surface area contributed by atoms with Crippen LogP contribution in [0, 0.1) is 5.92 Å². The second-order valence-corrected chi connectivity index (χ2v) is 9.56. The summed E-state index contributed by atoms with van der Waals surface area (Å²) in [5.74, 6) is 1.59. The third-order valence-electron chi connectivity index (χ3n) is 6.30. The molecule has 3 nitrogen and oxygen atoms in total. The van der Waals surface area contributed by atoms with Crippen LogP contribution in [-0.4, -0.2) is 22.7 Å². The van der Waals surface area contributed by atoms with Gasteiger partial charge in [0.1, 0.15) is 12.8 Å². The van der Waals surface area contributed by atoms with E-state index in [9.17, 15) is 4.39 Å². The number of nitrogens with zero attached hydrogens (tertiary/aromatic N) is 2. The maximum absolute atomic E-state index is 14.2. The molecule has 2 aromatic rings. The highest BCUT2D eigenvalue weighted by Crippen LogP contribution is 2.20. The fraction of sp³-hybridized carbons (Fsp3) is 0.655. The van der Waals surface area contributed by atoms with Crippen molar-refractivity contribution in [1.29, 1.82) is 0 Å². The highest BCUT2D eigenvalue weighted by Gasteiger charge is 2.13. The van der Waals surface area contributed by atoms with Gasteiger partial charge in [-0.15, -0.1) is 0 Å². The summed E-state index contributed by atoms with van der Waals surface area (Å²) in [5, 5.41) is 0. The van der Waals surface area contributed by atoms with Gasteiger partial charge in [0.25, 0.3) is 0 Å². The first-order chi connectivity index (χ1) is 16.1. The molecule has 2 atom stereocenters. The predicted octanol–water partition coefficient (Wildman–Crippen LogP) is 8.76. The topological polar surface area (TPSA) is 35.0 Å². The normalized spacial score (nSPS) is 13.1. The van der Waals surface area contributed by atoms with Crippen molar-refractivity contribution in [2.45, 2.75) is 110 Å².